The van der Waals surface area contributed by atoms with Crippen LogP contribution >= 0.6 is 0 Å². The second-order valence-corrected chi connectivity index (χ2v) is 6.78. The van der Waals surface area contributed by atoms with Gasteiger partial charge in [0.25, 0.3) is 0 Å². The molecule has 2 aliphatic heterocycles. The van der Waals surface area contributed by atoms with Crippen LogP contribution < -0.4 is 16.0 Å². The monoisotopic (exact) mass is 337 g/mol. The van der Waals surface area contributed by atoms with Gasteiger partial charge in [-0.2, -0.15) is 0 Å². The molecule has 0 spiro atoms. The Morgan fingerprint density at radius 2 is 2.08 bits per heavy atom. The number of carbonyl (C=O) groups excluding carboxylic acids is 1. The Labute approximate surface area is 147 Å². The highest BCUT2D eigenvalue weighted by Gasteiger charge is 2.28. The maximum absolute atomic E-state index is 11.7. The van der Waals surface area contributed by atoms with Crippen LogP contribution in [0, 0.1) is 5.92 Å². The zero-order valence-corrected chi connectivity index (χ0v) is 14.2. The molecular weight excluding hydrogens is 314 g/mol. The molecule has 0 saturated carbocycles. The lowest BCUT2D eigenvalue weighted by Crippen LogP contribution is -2.42. The van der Waals surface area contributed by atoms with Gasteiger partial charge in [-0.1, -0.05) is 30.3 Å². The number of benzene rings is 1. The molecule has 1 aromatic heterocycles. The van der Waals surface area contributed by atoms with Crippen molar-refractivity contribution in [2.45, 2.75) is 25.8 Å². The van der Waals surface area contributed by atoms with Crippen LogP contribution in [-0.2, 0) is 17.8 Å². The maximum Gasteiger partial charge on any atom is 0.222 e. The predicted molar refractivity (Wildman–Crippen MR) is 97.0 cm³/mol. The minimum atomic E-state index is -0.211. The van der Waals surface area contributed by atoms with Crippen molar-refractivity contribution in [2.75, 3.05) is 24.5 Å². The van der Waals surface area contributed by atoms with E-state index in [1.165, 1.54) is 5.56 Å². The standard InChI is InChI=1S/C19H23N5O/c20-17(25)14-7-4-10-24(12-14)19-15-8-9-21-11-16(15)22-18(23-19)13-5-2-1-3-6-13/h1-3,5-6,14,21H,4,7-12H2,(H2,20,25). The molecule has 6 nitrogen and oxygen atoms in total. The topological polar surface area (TPSA) is 84.1 Å². The SMILES string of the molecule is NC(=O)C1CCCN(c2nc(-c3ccccc3)nc3c2CCNC3)C1. The first kappa shape index (κ1) is 16.0. The summed E-state index contributed by atoms with van der Waals surface area (Å²) >= 11 is 0. The van der Waals surface area contributed by atoms with Gasteiger partial charge in [0.05, 0.1) is 11.6 Å². The van der Waals surface area contributed by atoms with Crippen molar-refractivity contribution in [3.8, 4) is 11.4 Å². The largest absolute Gasteiger partial charge is 0.369 e. The fourth-order valence-corrected chi connectivity index (χ4v) is 3.72. The van der Waals surface area contributed by atoms with Crippen molar-refractivity contribution < 1.29 is 4.79 Å². The van der Waals surface area contributed by atoms with Gasteiger partial charge in [-0.15, -0.1) is 0 Å². The number of nitrogens with two attached hydrogens (primary N) is 1. The van der Waals surface area contributed by atoms with Gasteiger partial charge < -0.3 is 16.0 Å². The van der Waals surface area contributed by atoms with Crippen LogP contribution in [0.4, 0.5) is 5.82 Å². The van der Waals surface area contributed by atoms with E-state index in [-0.39, 0.29) is 11.8 Å². The highest BCUT2D eigenvalue weighted by atomic mass is 16.1. The first-order chi connectivity index (χ1) is 12.2. The molecule has 1 fully saturated rings. The predicted octanol–water partition coefficient (Wildman–Crippen LogP) is 1.49. The van der Waals surface area contributed by atoms with Gasteiger partial charge >= 0.3 is 0 Å². The quantitative estimate of drug-likeness (QED) is 0.886. The number of nitrogens with one attached hydrogen (secondary N) is 1. The van der Waals surface area contributed by atoms with Crippen molar-refractivity contribution in [3.05, 3.63) is 41.6 Å². The third kappa shape index (κ3) is 3.22. The van der Waals surface area contributed by atoms with E-state index in [4.69, 9.17) is 15.7 Å². The zero-order chi connectivity index (χ0) is 17.2. The molecule has 0 radical (unpaired) electrons. The number of nitrogens with zero attached hydrogens (tertiary/aromatic N) is 3. The Morgan fingerprint density at radius 3 is 2.88 bits per heavy atom. The molecule has 1 aromatic carbocycles. The minimum absolute atomic E-state index is 0.0961. The van der Waals surface area contributed by atoms with E-state index in [1.807, 2.05) is 30.3 Å². The summed E-state index contributed by atoms with van der Waals surface area (Å²) in [5, 5.41) is 3.39. The Kier molecular flexibility index (Phi) is 4.36. The lowest BCUT2D eigenvalue weighted by atomic mass is 9.96. The summed E-state index contributed by atoms with van der Waals surface area (Å²) in [6.07, 6.45) is 2.75. The Bertz CT molecular complexity index is 777. The molecule has 1 atom stereocenters. The molecule has 25 heavy (non-hydrogen) atoms. The third-order valence-electron chi connectivity index (χ3n) is 5.07. The molecule has 4 rings (SSSR count). The number of piperidine rings is 1. The highest BCUT2D eigenvalue weighted by Crippen LogP contribution is 2.30. The average Bonchev–Trinajstić information content (AvgIpc) is 2.68. The lowest BCUT2D eigenvalue weighted by Gasteiger charge is -2.34. The van der Waals surface area contributed by atoms with Gasteiger partial charge in [-0.25, -0.2) is 9.97 Å². The van der Waals surface area contributed by atoms with Crippen molar-refractivity contribution in [1.82, 2.24) is 15.3 Å². The smallest absolute Gasteiger partial charge is 0.222 e. The van der Waals surface area contributed by atoms with Crippen molar-refractivity contribution in [1.29, 1.82) is 0 Å². The van der Waals surface area contributed by atoms with Crippen molar-refractivity contribution in [3.63, 3.8) is 0 Å². The molecule has 6 heteroatoms. The van der Waals surface area contributed by atoms with E-state index < -0.39 is 0 Å². The van der Waals surface area contributed by atoms with Crippen LogP contribution in [0.25, 0.3) is 11.4 Å². The van der Waals surface area contributed by atoms with Gasteiger partial charge in [0.2, 0.25) is 5.91 Å². The van der Waals surface area contributed by atoms with E-state index in [9.17, 15) is 4.79 Å². The van der Waals surface area contributed by atoms with E-state index in [2.05, 4.69) is 10.2 Å². The number of fused-ring (bicyclic) bond motifs is 1. The molecule has 1 unspecified atom stereocenters. The fourth-order valence-electron chi connectivity index (χ4n) is 3.72. The Morgan fingerprint density at radius 1 is 1.24 bits per heavy atom. The number of amides is 1. The van der Waals surface area contributed by atoms with Crippen LogP contribution in [0.2, 0.25) is 0 Å². The molecule has 3 N–H and O–H groups in total. The third-order valence-corrected chi connectivity index (χ3v) is 5.07. The van der Waals surface area contributed by atoms with E-state index in [0.717, 1.165) is 61.8 Å². The lowest BCUT2D eigenvalue weighted by molar-refractivity contribution is -0.122. The molecule has 0 aliphatic carbocycles. The molecule has 3 heterocycles. The number of anilines is 1. The minimum Gasteiger partial charge on any atom is -0.369 e. The van der Waals surface area contributed by atoms with Crippen LogP contribution in [0.3, 0.4) is 0 Å². The van der Waals surface area contributed by atoms with E-state index in [1.54, 1.807) is 0 Å². The normalized spacial score (nSPS) is 20.2. The molecule has 130 valence electrons. The molecule has 0 bridgehead atoms. The van der Waals surface area contributed by atoms with Crippen LogP contribution in [0.15, 0.2) is 30.3 Å². The Balaban J connectivity index is 1.76. The van der Waals surface area contributed by atoms with Gasteiger partial charge in [-0.3, -0.25) is 4.79 Å². The molecule has 2 aliphatic rings. The number of hydrogen-bond acceptors (Lipinski definition) is 5. The first-order valence-corrected chi connectivity index (χ1v) is 8.92. The summed E-state index contributed by atoms with van der Waals surface area (Å²) in [6, 6.07) is 10.1. The number of carbonyl (C=O) groups is 1. The van der Waals surface area contributed by atoms with Gasteiger partial charge in [0.1, 0.15) is 5.82 Å². The summed E-state index contributed by atoms with van der Waals surface area (Å²) in [5.41, 5.74) is 8.85. The second kappa shape index (κ2) is 6.80. The number of aromatic nitrogens is 2. The molecule has 2 aromatic rings. The Hall–Kier alpha value is -2.47. The maximum atomic E-state index is 11.7. The number of hydrogen-bond donors (Lipinski definition) is 2. The summed E-state index contributed by atoms with van der Waals surface area (Å²) in [6.45, 7) is 3.26. The van der Waals surface area contributed by atoms with Crippen molar-refractivity contribution in [2.24, 2.45) is 11.7 Å². The van der Waals surface area contributed by atoms with Crippen LogP contribution in [0.1, 0.15) is 24.1 Å². The summed E-state index contributed by atoms with van der Waals surface area (Å²) in [4.78, 5) is 23.6. The summed E-state index contributed by atoms with van der Waals surface area (Å²) in [5.74, 6) is 1.43. The average molecular weight is 337 g/mol. The van der Waals surface area contributed by atoms with Gasteiger partial charge in [0, 0.05) is 30.8 Å². The first-order valence-electron chi connectivity index (χ1n) is 8.92. The second-order valence-electron chi connectivity index (χ2n) is 6.78. The van der Waals surface area contributed by atoms with Gasteiger partial charge in [0.15, 0.2) is 5.82 Å². The van der Waals surface area contributed by atoms with E-state index >= 15 is 0 Å². The summed E-state index contributed by atoms with van der Waals surface area (Å²) in [7, 11) is 0. The zero-order valence-electron chi connectivity index (χ0n) is 14.2. The fraction of sp³-hybridized carbons (Fsp3) is 0.421. The van der Waals surface area contributed by atoms with Gasteiger partial charge in [-0.05, 0) is 25.8 Å². The van der Waals surface area contributed by atoms with Crippen LogP contribution in [0.5, 0.6) is 0 Å². The van der Waals surface area contributed by atoms with E-state index in [0.29, 0.717) is 6.54 Å². The number of primary amides is 1. The van der Waals surface area contributed by atoms with Crippen molar-refractivity contribution >= 4 is 11.7 Å². The molecule has 1 saturated heterocycles. The molecular formula is C19H23N5O. The van der Waals surface area contributed by atoms with Crippen LogP contribution in [-0.4, -0.2) is 35.5 Å². The number of rotatable bonds is 3. The highest BCUT2D eigenvalue weighted by molar-refractivity contribution is 5.77. The molecule has 1 amide bonds. The summed E-state index contributed by atoms with van der Waals surface area (Å²) < 4.78 is 0.